The number of amides is 1. The van der Waals surface area contributed by atoms with Crippen LogP contribution in [-0.4, -0.2) is 61.2 Å². The minimum absolute atomic E-state index is 0.174. The second-order valence-corrected chi connectivity index (χ2v) is 9.40. The first kappa shape index (κ1) is 23.4. The van der Waals surface area contributed by atoms with Crippen LogP contribution in [0.2, 0.25) is 0 Å². The SMILES string of the molecule is CC(c1ncc[nH]1)N1CC2C(CN(Cc3cccc(OC(F)(F)F)c3)C(=O)c3cn(C)cn3)C2C1. The van der Waals surface area contributed by atoms with Gasteiger partial charge in [0.2, 0.25) is 0 Å². The second-order valence-electron chi connectivity index (χ2n) is 9.40. The number of benzene rings is 1. The number of H-pyrrole nitrogens is 1. The van der Waals surface area contributed by atoms with Crippen molar-refractivity contribution in [2.75, 3.05) is 19.6 Å². The van der Waals surface area contributed by atoms with Crippen LogP contribution in [0.4, 0.5) is 13.2 Å². The summed E-state index contributed by atoms with van der Waals surface area (Å²) >= 11 is 0. The van der Waals surface area contributed by atoms with Gasteiger partial charge in [-0.2, -0.15) is 0 Å². The zero-order valence-corrected chi connectivity index (χ0v) is 19.4. The number of fused-ring (bicyclic) bond motifs is 1. The Balaban J connectivity index is 1.28. The number of hydrogen-bond donors (Lipinski definition) is 1. The number of imidazole rings is 2. The van der Waals surface area contributed by atoms with Crippen LogP contribution in [0.15, 0.2) is 49.2 Å². The van der Waals surface area contributed by atoms with Gasteiger partial charge >= 0.3 is 6.36 Å². The van der Waals surface area contributed by atoms with Crippen LogP contribution in [0.5, 0.6) is 5.75 Å². The minimum Gasteiger partial charge on any atom is -0.406 e. The third kappa shape index (κ3) is 5.19. The van der Waals surface area contributed by atoms with Crippen molar-refractivity contribution in [3.05, 3.63) is 66.3 Å². The summed E-state index contributed by atoms with van der Waals surface area (Å²) in [5, 5.41) is 0. The van der Waals surface area contributed by atoms with Gasteiger partial charge in [-0.1, -0.05) is 12.1 Å². The fraction of sp³-hybridized carbons (Fsp3) is 0.458. The quantitative estimate of drug-likeness (QED) is 0.524. The number of aryl methyl sites for hydroxylation is 1. The molecule has 3 heterocycles. The van der Waals surface area contributed by atoms with Crippen LogP contribution in [-0.2, 0) is 13.6 Å². The van der Waals surface area contributed by atoms with Crippen LogP contribution < -0.4 is 4.74 Å². The molecule has 1 aromatic carbocycles. The highest BCUT2D eigenvalue weighted by Gasteiger charge is 2.56. The molecule has 1 saturated carbocycles. The molecular weight excluding hydrogens is 461 g/mol. The maximum Gasteiger partial charge on any atom is 0.573 e. The maximum atomic E-state index is 13.3. The van der Waals surface area contributed by atoms with Gasteiger partial charge in [0.15, 0.2) is 0 Å². The Bertz CT molecular complexity index is 1170. The topological polar surface area (TPSA) is 79.3 Å². The van der Waals surface area contributed by atoms with Crippen molar-refractivity contribution in [1.29, 1.82) is 0 Å². The number of nitrogens with one attached hydrogen (secondary N) is 1. The summed E-state index contributed by atoms with van der Waals surface area (Å²) in [6.45, 7) is 4.69. The normalized spacial score (nSPS) is 22.6. The zero-order valence-electron chi connectivity index (χ0n) is 19.4. The van der Waals surface area contributed by atoms with Crippen molar-refractivity contribution in [3.63, 3.8) is 0 Å². The number of carbonyl (C=O) groups excluding carboxylic acids is 1. The summed E-state index contributed by atoms with van der Waals surface area (Å²) in [6, 6.07) is 5.97. The fourth-order valence-electron chi connectivity index (χ4n) is 5.17. The van der Waals surface area contributed by atoms with Gasteiger partial charge in [0.1, 0.15) is 17.3 Å². The summed E-state index contributed by atoms with van der Waals surface area (Å²) in [5.41, 5.74) is 0.879. The van der Waals surface area contributed by atoms with E-state index in [1.165, 1.54) is 18.2 Å². The molecule has 0 spiro atoms. The molecule has 8 nitrogen and oxygen atoms in total. The van der Waals surface area contributed by atoms with Crippen LogP contribution in [0.3, 0.4) is 0 Å². The molecule has 1 N–H and O–H groups in total. The molecule has 11 heteroatoms. The average Bonchev–Trinajstić information content (AvgIpc) is 3.33. The molecule has 5 rings (SSSR count). The van der Waals surface area contributed by atoms with Gasteiger partial charge in [-0.15, -0.1) is 13.2 Å². The average molecular weight is 489 g/mol. The molecule has 2 aliphatic rings. The molecule has 1 aliphatic carbocycles. The molecule has 1 saturated heterocycles. The van der Waals surface area contributed by atoms with Crippen LogP contribution in [0, 0.1) is 17.8 Å². The summed E-state index contributed by atoms with van der Waals surface area (Å²) in [6.07, 6.45) is 2.01. The standard InChI is InChI=1S/C24H27F3N6O2/c1-15(22-28-6-7-29-22)32-10-18-19(11-32)20(18)12-33(23(34)21-13-31(2)14-30-21)9-16-4-3-5-17(8-16)35-24(25,26)27/h3-8,13-15,18-20H,9-12H2,1-2H3,(H,28,29). The minimum atomic E-state index is -4.77. The van der Waals surface area contributed by atoms with Crippen LogP contribution in [0.1, 0.15) is 34.8 Å². The van der Waals surface area contributed by atoms with E-state index in [4.69, 9.17) is 0 Å². The summed E-state index contributed by atoms with van der Waals surface area (Å²) in [5.74, 6) is 1.70. The van der Waals surface area contributed by atoms with E-state index in [2.05, 4.69) is 31.5 Å². The molecule has 3 atom stereocenters. The Labute approximate surface area is 200 Å². The van der Waals surface area contributed by atoms with Crippen LogP contribution in [0.25, 0.3) is 0 Å². The zero-order chi connectivity index (χ0) is 24.7. The Morgan fingerprint density at radius 2 is 2.06 bits per heavy atom. The highest BCUT2D eigenvalue weighted by atomic mass is 19.4. The fourth-order valence-corrected chi connectivity index (χ4v) is 5.17. The molecule has 2 fully saturated rings. The van der Waals surface area contributed by atoms with Crippen molar-refractivity contribution in [2.45, 2.75) is 25.9 Å². The highest BCUT2D eigenvalue weighted by molar-refractivity contribution is 5.92. The van der Waals surface area contributed by atoms with Gasteiger partial charge in [-0.25, -0.2) is 9.97 Å². The number of alkyl halides is 3. The largest absolute Gasteiger partial charge is 0.573 e. The molecule has 1 amide bonds. The van der Waals surface area contributed by atoms with Crippen molar-refractivity contribution < 1.29 is 22.7 Å². The van der Waals surface area contributed by atoms with E-state index < -0.39 is 6.36 Å². The summed E-state index contributed by atoms with van der Waals surface area (Å²) in [7, 11) is 1.78. The van der Waals surface area contributed by atoms with Gasteiger partial charge in [0.05, 0.1) is 12.4 Å². The highest BCUT2D eigenvalue weighted by Crippen LogP contribution is 2.53. The van der Waals surface area contributed by atoms with E-state index >= 15 is 0 Å². The van der Waals surface area contributed by atoms with Crippen molar-refractivity contribution in [2.24, 2.45) is 24.8 Å². The number of carbonyl (C=O) groups is 1. The van der Waals surface area contributed by atoms with E-state index in [-0.39, 0.29) is 24.2 Å². The lowest BCUT2D eigenvalue weighted by atomic mass is 10.1. The summed E-state index contributed by atoms with van der Waals surface area (Å²) in [4.78, 5) is 29.1. The van der Waals surface area contributed by atoms with E-state index in [0.717, 1.165) is 18.9 Å². The third-order valence-corrected chi connectivity index (χ3v) is 7.01. The molecule has 0 bridgehead atoms. The van der Waals surface area contributed by atoms with E-state index in [1.807, 2.05) is 6.20 Å². The molecule has 186 valence electrons. The number of nitrogens with zero attached hydrogens (tertiary/aromatic N) is 5. The van der Waals surface area contributed by atoms with Gasteiger partial charge < -0.3 is 19.2 Å². The molecule has 3 unspecified atom stereocenters. The van der Waals surface area contributed by atoms with Gasteiger partial charge in [0, 0.05) is 51.8 Å². The Kier molecular flexibility index (Phi) is 6.04. The number of likely N-dealkylation sites (tertiary alicyclic amines) is 1. The Morgan fingerprint density at radius 1 is 1.29 bits per heavy atom. The molecule has 35 heavy (non-hydrogen) atoms. The van der Waals surface area contributed by atoms with E-state index in [9.17, 15) is 18.0 Å². The first-order valence-corrected chi connectivity index (χ1v) is 11.5. The molecular formula is C24H27F3N6O2. The van der Waals surface area contributed by atoms with E-state index in [0.29, 0.717) is 35.6 Å². The predicted octanol–water partition coefficient (Wildman–Crippen LogP) is 3.62. The predicted molar refractivity (Wildman–Crippen MR) is 120 cm³/mol. The van der Waals surface area contributed by atoms with Crippen molar-refractivity contribution in [3.8, 4) is 5.75 Å². The maximum absolute atomic E-state index is 13.3. The van der Waals surface area contributed by atoms with E-state index in [1.54, 1.807) is 41.3 Å². The Hall–Kier alpha value is -3.34. The first-order chi connectivity index (χ1) is 16.7. The lowest BCUT2D eigenvalue weighted by molar-refractivity contribution is -0.274. The number of halogens is 3. The third-order valence-electron chi connectivity index (χ3n) is 7.01. The molecule has 0 radical (unpaired) electrons. The Morgan fingerprint density at radius 3 is 2.69 bits per heavy atom. The van der Waals surface area contributed by atoms with Gasteiger partial charge in [0.25, 0.3) is 5.91 Å². The monoisotopic (exact) mass is 488 g/mol. The number of ether oxygens (including phenoxy) is 1. The van der Waals surface area contributed by atoms with Crippen molar-refractivity contribution >= 4 is 5.91 Å². The first-order valence-electron chi connectivity index (χ1n) is 11.5. The smallest absolute Gasteiger partial charge is 0.406 e. The van der Waals surface area contributed by atoms with Gasteiger partial charge in [-0.3, -0.25) is 9.69 Å². The molecule has 1 aliphatic heterocycles. The number of rotatable bonds is 8. The van der Waals surface area contributed by atoms with Crippen LogP contribution >= 0.6 is 0 Å². The number of hydrogen-bond acceptors (Lipinski definition) is 5. The van der Waals surface area contributed by atoms with Gasteiger partial charge in [-0.05, 0) is 42.4 Å². The van der Waals surface area contributed by atoms with Crippen molar-refractivity contribution in [1.82, 2.24) is 29.3 Å². The molecule has 3 aromatic rings. The number of aromatic amines is 1. The lowest BCUT2D eigenvalue weighted by Gasteiger charge is -2.27. The summed E-state index contributed by atoms with van der Waals surface area (Å²) < 4.78 is 43.8. The lowest BCUT2D eigenvalue weighted by Crippen LogP contribution is -2.35. The number of aromatic nitrogens is 4. The molecule has 2 aromatic heterocycles. The number of piperidine rings is 1. The second kappa shape index (κ2) is 9.03.